The van der Waals surface area contributed by atoms with Gasteiger partial charge in [0.25, 0.3) is 5.56 Å². The molecule has 1 heterocycles. The predicted molar refractivity (Wildman–Crippen MR) is 105 cm³/mol. The van der Waals surface area contributed by atoms with Crippen LogP contribution >= 0.6 is 0 Å². The first kappa shape index (κ1) is 18.5. The number of hydrogen-bond acceptors (Lipinski definition) is 4. The number of aliphatic hydroxyl groups excluding tert-OH is 1. The van der Waals surface area contributed by atoms with Crippen LogP contribution in [0.1, 0.15) is 5.56 Å². The molecule has 138 valence electrons. The summed E-state index contributed by atoms with van der Waals surface area (Å²) in [6, 6.07) is 16.8. The van der Waals surface area contributed by atoms with E-state index in [-0.39, 0.29) is 31.2 Å². The van der Waals surface area contributed by atoms with Gasteiger partial charge in [-0.05, 0) is 17.7 Å². The first-order valence-corrected chi connectivity index (χ1v) is 8.73. The lowest BCUT2D eigenvalue weighted by Crippen LogP contribution is -2.38. The largest absolute Gasteiger partial charge is 0.395 e. The maximum Gasteiger partial charge on any atom is 0.261 e. The lowest BCUT2D eigenvalue weighted by Gasteiger charge is -2.20. The molecule has 0 saturated heterocycles. The van der Waals surface area contributed by atoms with E-state index >= 15 is 0 Å². The van der Waals surface area contributed by atoms with Gasteiger partial charge < -0.3 is 10.0 Å². The van der Waals surface area contributed by atoms with Crippen molar-refractivity contribution < 1.29 is 9.90 Å². The van der Waals surface area contributed by atoms with Crippen LogP contribution in [-0.4, -0.2) is 45.2 Å². The Balaban J connectivity index is 1.72. The normalized spacial score (nSPS) is 11.1. The number of para-hydroxylation sites is 1. The molecule has 1 aromatic heterocycles. The summed E-state index contributed by atoms with van der Waals surface area (Å²) in [6.07, 6.45) is 5.17. The van der Waals surface area contributed by atoms with E-state index in [0.29, 0.717) is 17.4 Å². The van der Waals surface area contributed by atoms with Crippen LogP contribution in [0.25, 0.3) is 17.0 Å². The molecule has 0 saturated carbocycles. The van der Waals surface area contributed by atoms with Crippen LogP contribution < -0.4 is 5.56 Å². The molecule has 1 amide bonds. The quantitative estimate of drug-likeness (QED) is 0.696. The number of nitrogens with zero attached hydrogens (tertiary/aromatic N) is 3. The molecule has 1 N–H and O–H groups in total. The minimum atomic E-state index is -0.252. The van der Waals surface area contributed by atoms with Crippen molar-refractivity contribution >= 4 is 22.9 Å². The Labute approximate surface area is 157 Å². The molecule has 0 unspecified atom stereocenters. The second-order valence-electron chi connectivity index (χ2n) is 6.07. The zero-order valence-electron chi connectivity index (χ0n) is 14.9. The standard InChI is InChI=1S/C21H21N3O3/c25-14-13-23(12-6-9-17-7-2-1-3-8-17)20(26)15-24-16-22-19-11-5-4-10-18(19)21(24)27/h1-11,16,25H,12-15H2/b9-6+. The van der Waals surface area contributed by atoms with Crippen LogP contribution in [0.4, 0.5) is 0 Å². The zero-order chi connectivity index (χ0) is 19.1. The third-order valence-electron chi connectivity index (χ3n) is 4.20. The molecule has 0 atom stereocenters. The summed E-state index contributed by atoms with van der Waals surface area (Å²) in [5.41, 5.74) is 1.38. The number of benzene rings is 2. The van der Waals surface area contributed by atoms with Crippen molar-refractivity contribution in [1.29, 1.82) is 0 Å². The van der Waals surface area contributed by atoms with E-state index in [2.05, 4.69) is 4.98 Å². The number of carbonyl (C=O) groups excluding carboxylic acids is 1. The topological polar surface area (TPSA) is 75.4 Å². The summed E-state index contributed by atoms with van der Waals surface area (Å²) in [5, 5.41) is 9.74. The Kier molecular flexibility index (Phi) is 6.12. The molecule has 3 rings (SSSR count). The van der Waals surface area contributed by atoms with Gasteiger partial charge in [0.2, 0.25) is 5.91 Å². The van der Waals surface area contributed by atoms with Crippen molar-refractivity contribution in [2.45, 2.75) is 6.54 Å². The van der Waals surface area contributed by atoms with Gasteiger partial charge in [-0.1, -0.05) is 54.6 Å². The summed E-state index contributed by atoms with van der Waals surface area (Å²) in [5.74, 6) is -0.249. The molecule has 6 heteroatoms. The van der Waals surface area contributed by atoms with Crippen molar-refractivity contribution in [2.75, 3.05) is 19.7 Å². The minimum Gasteiger partial charge on any atom is -0.395 e. The molecule has 0 radical (unpaired) electrons. The molecule has 27 heavy (non-hydrogen) atoms. The molecule has 3 aromatic rings. The third kappa shape index (κ3) is 4.68. The second-order valence-corrected chi connectivity index (χ2v) is 6.07. The van der Waals surface area contributed by atoms with Crippen LogP contribution in [0.5, 0.6) is 0 Å². The van der Waals surface area contributed by atoms with Gasteiger partial charge in [0.1, 0.15) is 6.54 Å². The number of carbonyl (C=O) groups is 1. The Morgan fingerprint density at radius 3 is 2.63 bits per heavy atom. The van der Waals surface area contributed by atoms with Crippen LogP contribution in [0, 0.1) is 0 Å². The lowest BCUT2D eigenvalue weighted by molar-refractivity contribution is -0.131. The van der Waals surface area contributed by atoms with Gasteiger partial charge >= 0.3 is 0 Å². The SMILES string of the molecule is O=C(Cn1cnc2ccccc2c1=O)N(C/C=C/c1ccccc1)CCO. The maximum atomic E-state index is 12.6. The zero-order valence-corrected chi connectivity index (χ0v) is 14.9. The highest BCUT2D eigenvalue weighted by Gasteiger charge is 2.14. The number of amides is 1. The van der Waals surface area contributed by atoms with E-state index in [1.165, 1.54) is 15.8 Å². The second kappa shape index (κ2) is 8.91. The van der Waals surface area contributed by atoms with E-state index < -0.39 is 0 Å². The number of aromatic nitrogens is 2. The van der Waals surface area contributed by atoms with Gasteiger partial charge in [-0.25, -0.2) is 4.98 Å². The van der Waals surface area contributed by atoms with Gasteiger partial charge in [0.15, 0.2) is 0 Å². The minimum absolute atomic E-state index is 0.115. The van der Waals surface area contributed by atoms with Crippen molar-refractivity contribution in [1.82, 2.24) is 14.5 Å². The summed E-state index contributed by atoms with van der Waals surface area (Å²) < 4.78 is 1.30. The molecular formula is C21H21N3O3. The fourth-order valence-corrected chi connectivity index (χ4v) is 2.78. The van der Waals surface area contributed by atoms with E-state index in [0.717, 1.165) is 5.56 Å². The van der Waals surface area contributed by atoms with Crippen molar-refractivity contribution in [2.24, 2.45) is 0 Å². The van der Waals surface area contributed by atoms with Crippen LogP contribution in [0.15, 0.2) is 71.8 Å². The molecule has 0 aliphatic heterocycles. The average Bonchev–Trinajstić information content (AvgIpc) is 2.70. The van der Waals surface area contributed by atoms with E-state index in [4.69, 9.17) is 0 Å². The molecular weight excluding hydrogens is 342 g/mol. The highest BCUT2D eigenvalue weighted by molar-refractivity contribution is 5.79. The van der Waals surface area contributed by atoms with Crippen molar-refractivity contribution in [3.05, 3.63) is 82.9 Å². The molecule has 6 nitrogen and oxygen atoms in total. The van der Waals surface area contributed by atoms with E-state index in [1.54, 1.807) is 18.2 Å². The molecule has 0 aliphatic rings. The van der Waals surface area contributed by atoms with Crippen LogP contribution in [0.2, 0.25) is 0 Å². The van der Waals surface area contributed by atoms with E-state index in [1.807, 2.05) is 48.6 Å². The Morgan fingerprint density at radius 1 is 1.11 bits per heavy atom. The molecule has 0 fully saturated rings. The molecule has 0 bridgehead atoms. The van der Waals surface area contributed by atoms with Gasteiger partial charge in [-0.2, -0.15) is 0 Å². The Hall–Kier alpha value is -3.25. The van der Waals surface area contributed by atoms with Crippen LogP contribution in [0.3, 0.4) is 0 Å². The predicted octanol–water partition coefficient (Wildman–Crippen LogP) is 1.93. The van der Waals surface area contributed by atoms with E-state index in [9.17, 15) is 14.7 Å². The fourth-order valence-electron chi connectivity index (χ4n) is 2.78. The monoisotopic (exact) mass is 363 g/mol. The average molecular weight is 363 g/mol. The summed E-state index contributed by atoms with van der Waals surface area (Å²) in [7, 11) is 0. The number of aliphatic hydroxyl groups is 1. The highest BCUT2D eigenvalue weighted by atomic mass is 16.3. The van der Waals surface area contributed by atoms with Crippen molar-refractivity contribution in [3.8, 4) is 0 Å². The number of fused-ring (bicyclic) bond motifs is 1. The van der Waals surface area contributed by atoms with Gasteiger partial charge in [-0.3, -0.25) is 14.2 Å². The molecule has 0 spiro atoms. The number of hydrogen-bond donors (Lipinski definition) is 1. The lowest BCUT2D eigenvalue weighted by atomic mass is 10.2. The fraction of sp³-hybridized carbons (Fsp3) is 0.190. The number of rotatable bonds is 7. The smallest absolute Gasteiger partial charge is 0.261 e. The van der Waals surface area contributed by atoms with Crippen LogP contribution in [-0.2, 0) is 11.3 Å². The first-order chi connectivity index (χ1) is 13.2. The van der Waals surface area contributed by atoms with Gasteiger partial charge in [-0.15, -0.1) is 0 Å². The summed E-state index contributed by atoms with van der Waals surface area (Å²) in [6.45, 7) is 0.295. The maximum absolute atomic E-state index is 12.6. The summed E-state index contributed by atoms with van der Waals surface area (Å²) in [4.78, 5) is 30.9. The Morgan fingerprint density at radius 2 is 1.85 bits per heavy atom. The van der Waals surface area contributed by atoms with Gasteiger partial charge in [0, 0.05) is 13.1 Å². The highest BCUT2D eigenvalue weighted by Crippen LogP contribution is 2.05. The first-order valence-electron chi connectivity index (χ1n) is 8.73. The van der Waals surface area contributed by atoms with Gasteiger partial charge in [0.05, 0.1) is 23.8 Å². The summed E-state index contributed by atoms with van der Waals surface area (Å²) >= 11 is 0. The third-order valence-corrected chi connectivity index (χ3v) is 4.20. The molecule has 2 aromatic carbocycles. The molecule has 0 aliphatic carbocycles. The van der Waals surface area contributed by atoms with Crippen molar-refractivity contribution in [3.63, 3.8) is 0 Å². The Bertz CT molecular complexity index is 996.